The van der Waals surface area contributed by atoms with Crippen LogP contribution in [0.15, 0.2) is 17.5 Å². The molecule has 1 aromatic heterocycles. The van der Waals surface area contributed by atoms with Crippen LogP contribution in [0.3, 0.4) is 0 Å². The first-order valence-electron chi connectivity index (χ1n) is 6.11. The van der Waals surface area contributed by atoms with Crippen molar-refractivity contribution in [3.05, 3.63) is 28.0 Å². The molecule has 1 aromatic rings. The van der Waals surface area contributed by atoms with Crippen molar-refractivity contribution in [3.8, 4) is 0 Å². The van der Waals surface area contributed by atoms with E-state index in [-0.39, 0.29) is 5.91 Å². The summed E-state index contributed by atoms with van der Waals surface area (Å²) in [5.41, 5.74) is 0.854. The van der Waals surface area contributed by atoms with E-state index in [9.17, 15) is 9.59 Å². The second-order valence-electron chi connectivity index (χ2n) is 4.87. The minimum Gasteiger partial charge on any atom is -0.478 e. The number of hydrogen-bond acceptors (Lipinski definition) is 3. The predicted molar refractivity (Wildman–Crippen MR) is 76.9 cm³/mol. The van der Waals surface area contributed by atoms with Crippen molar-refractivity contribution in [2.45, 2.75) is 26.8 Å². The summed E-state index contributed by atoms with van der Waals surface area (Å²) in [4.78, 5) is 25.0. The van der Waals surface area contributed by atoms with Crippen LogP contribution in [0.4, 0.5) is 0 Å². The quantitative estimate of drug-likeness (QED) is 0.816. The standard InChI is InChI=1S/C14H19NO3S/c1-10(2)6-13(16)15(3)8-12-7-11(9-19-12)4-5-14(17)18/h4-5,7,9-10H,6,8H2,1-3H3,(H,17,18). The number of nitrogens with zero attached hydrogens (tertiary/aromatic N) is 1. The number of thiophene rings is 1. The van der Waals surface area contributed by atoms with Gasteiger partial charge in [-0.1, -0.05) is 13.8 Å². The van der Waals surface area contributed by atoms with Gasteiger partial charge in [0, 0.05) is 24.4 Å². The lowest BCUT2D eigenvalue weighted by molar-refractivity contribution is -0.132. The van der Waals surface area contributed by atoms with Crippen molar-refractivity contribution in [2.75, 3.05) is 7.05 Å². The summed E-state index contributed by atoms with van der Waals surface area (Å²) in [5.74, 6) is -0.477. The molecule has 1 rings (SSSR count). The summed E-state index contributed by atoms with van der Waals surface area (Å²) in [6, 6.07) is 1.91. The van der Waals surface area contributed by atoms with Gasteiger partial charge in [-0.15, -0.1) is 11.3 Å². The predicted octanol–water partition coefficient (Wildman–Crippen LogP) is 2.85. The zero-order valence-electron chi connectivity index (χ0n) is 11.4. The molecule has 19 heavy (non-hydrogen) atoms. The maximum atomic E-state index is 11.8. The molecule has 4 nitrogen and oxygen atoms in total. The molecule has 0 bridgehead atoms. The smallest absolute Gasteiger partial charge is 0.328 e. The fourth-order valence-electron chi connectivity index (χ4n) is 1.56. The summed E-state index contributed by atoms with van der Waals surface area (Å²) in [5, 5.41) is 10.4. The Bertz CT molecular complexity index is 477. The third kappa shape index (κ3) is 5.70. The average molecular weight is 281 g/mol. The van der Waals surface area contributed by atoms with Crippen molar-refractivity contribution >= 4 is 29.3 Å². The molecule has 0 aliphatic carbocycles. The van der Waals surface area contributed by atoms with Crippen molar-refractivity contribution in [1.29, 1.82) is 0 Å². The number of carbonyl (C=O) groups is 2. The number of rotatable bonds is 6. The first kappa shape index (κ1) is 15.4. The van der Waals surface area contributed by atoms with Gasteiger partial charge in [-0.05, 0) is 29.0 Å². The Balaban J connectivity index is 2.58. The van der Waals surface area contributed by atoms with E-state index in [1.54, 1.807) is 18.0 Å². The summed E-state index contributed by atoms with van der Waals surface area (Å²) in [6.45, 7) is 4.61. The van der Waals surface area contributed by atoms with E-state index in [2.05, 4.69) is 0 Å². The number of aliphatic carboxylic acids is 1. The summed E-state index contributed by atoms with van der Waals surface area (Å²) < 4.78 is 0. The van der Waals surface area contributed by atoms with Crippen LogP contribution in [0.2, 0.25) is 0 Å². The second-order valence-corrected chi connectivity index (χ2v) is 5.86. The van der Waals surface area contributed by atoms with E-state index >= 15 is 0 Å². The SMILES string of the molecule is CC(C)CC(=O)N(C)Cc1cc(C=CC(=O)O)cs1. The van der Waals surface area contributed by atoms with E-state index in [0.717, 1.165) is 16.5 Å². The number of hydrogen-bond donors (Lipinski definition) is 1. The van der Waals surface area contributed by atoms with E-state index in [4.69, 9.17) is 5.11 Å². The maximum Gasteiger partial charge on any atom is 0.328 e. The van der Waals surface area contributed by atoms with Gasteiger partial charge < -0.3 is 10.0 Å². The van der Waals surface area contributed by atoms with Crippen molar-refractivity contribution in [1.82, 2.24) is 4.90 Å². The fraction of sp³-hybridized carbons (Fsp3) is 0.429. The Labute approximate surface area is 117 Å². The molecule has 0 aromatic carbocycles. The molecular formula is C14H19NO3S. The normalized spacial score (nSPS) is 11.2. The molecule has 1 amide bonds. The van der Waals surface area contributed by atoms with Crippen LogP contribution in [-0.4, -0.2) is 28.9 Å². The van der Waals surface area contributed by atoms with Crippen LogP contribution in [0, 0.1) is 5.92 Å². The summed E-state index contributed by atoms with van der Waals surface area (Å²) in [6.07, 6.45) is 3.21. The highest BCUT2D eigenvalue weighted by atomic mass is 32.1. The number of carboxylic acid groups (broad SMARTS) is 1. The molecule has 0 spiro atoms. The lowest BCUT2D eigenvalue weighted by Crippen LogP contribution is -2.26. The molecule has 0 aliphatic heterocycles. The van der Waals surface area contributed by atoms with Gasteiger partial charge in [0.15, 0.2) is 0 Å². The molecule has 0 saturated heterocycles. The molecule has 0 unspecified atom stereocenters. The topological polar surface area (TPSA) is 57.6 Å². The van der Waals surface area contributed by atoms with Crippen LogP contribution in [0.25, 0.3) is 6.08 Å². The first-order valence-corrected chi connectivity index (χ1v) is 6.99. The molecule has 1 N–H and O–H groups in total. The number of carbonyl (C=O) groups excluding carboxylic acids is 1. The van der Waals surface area contributed by atoms with Crippen LogP contribution < -0.4 is 0 Å². The van der Waals surface area contributed by atoms with Gasteiger partial charge in [-0.2, -0.15) is 0 Å². The minimum absolute atomic E-state index is 0.131. The van der Waals surface area contributed by atoms with Crippen LogP contribution in [-0.2, 0) is 16.1 Å². The first-order chi connectivity index (χ1) is 8.88. The van der Waals surface area contributed by atoms with E-state index < -0.39 is 5.97 Å². The van der Waals surface area contributed by atoms with Gasteiger partial charge in [0.25, 0.3) is 0 Å². The van der Waals surface area contributed by atoms with Crippen molar-refractivity contribution in [2.24, 2.45) is 5.92 Å². The average Bonchev–Trinajstić information content (AvgIpc) is 2.73. The zero-order chi connectivity index (χ0) is 14.4. The minimum atomic E-state index is -0.961. The van der Waals surface area contributed by atoms with Gasteiger partial charge in [0.1, 0.15) is 0 Å². The Kier molecular flexibility index (Phi) is 5.76. The largest absolute Gasteiger partial charge is 0.478 e. The lowest BCUT2D eigenvalue weighted by atomic mass is 10.1. The van der Waals surface area contributed by atoms with Crippen molar-refractivity contribution in [3.63, 3.8) is 0 Å². The monoisotopic (exact) mass is 281 g/mol. The lowest BCUT2D eigenvalue weighted by Gasteiger charge is -2.17. The van der Waals surface area contributed by atoms with E-state index in [1.165, 1.54) is 11.3 Å². The Morgan fingerprint density at radius 2 is 2.16 bits per heavy atom. The van der Waals surface area contributed by atoms with Crippen LogP contribution >= 0.6 is 11.3 Å². The van der Waals surface area contributed by atoms with E-state index in [0.29, 0.717) is 18.9 Å². The Morgan fingerprint density at radius 1 is 1.47 bits per heavy atom. The summed E-state index contributed by atoms with van der Waals surface area (Å²) in [7, 11) is 1.79. The van der Waals surface area contributed by atoms with Gasteiger partial charge in [0.2, 0.25) is 5.91 Å². The molecule has 0 radical (unpaired) electrons. The van der Waals surface area contributed by atoms with Gasteiger partial charge >= 0.3 is 5.97 Å². The number of carboxylic acids is 1. The van der Waals surface area contributed by atoms with Gasteiger partial charge in [-0.25, -0.2) is 4.79 Å². The molecular weight excluding hydrogens is 262 g/mol. The zero-order valence-corrected chi connectivity index (χ0v) is 12.2. The fourth-order valence-corrected chi connectivity index (χ4v) is 2.47. The van der Waals surface area contributed by atoms with Crippen LogP contribution in [0.5, 0.6) is 0 Å². The molecule has 5 heteroatoms. The third-order valence-electron chi connectivity index (χ3n) is 2.49. The maximum absolute atomic E-state index is 11.8. The Morgan fingerprint density at radius 3 is 2.74 bits per heavy atom. The molecule has 0 aliphatic rings. The highest BCUT2D eigenvalue weighted by Crippen LogP contribution is 2.18. The third-order valence-corrected chi connectivity index (χ3v) is 3.43. The van der Waals surface area contributed by atoms with Crippen molar-refractivity contribution < 1.29 is 14.7 Å². The molecule has 0 atom stereocenters. The Hall–Kier alpha value is -1.62. The van der Waals surface area contributed by atoms with Crippen LogP contribution in [0.1, 0.15) is 30.7 Å². The highest BCUT2D eigenvalue weighted by Gasteiger charge is 2.11. The molecule has 0 fully saturated rings. The summed E-state index contributed by atoms with van der Waals surface area (Å²) >= 11 is 1.53. The van der Waals surface area contributed by atoms with Gasteiger partial charge in [0.05, 0.1) is 6.54 Å². The second kappa shape index (κ2) is 7.09. The highest BCUT2D eigenvalue weighted by molar-refractivity contribution is 7.10. The molecule has 104 valence electrons. The number of amides is 1. The molecule has 0 saturated carbocycles. The van der Waals surface area contributed by atoms with Gasteiger partial charge in [-0.3, -0.25) is 4.79 Å². The molecule has 1 heterocycles. The van der Waals surface area contributed by atoms with E-state index in [1.807, 2.05) is 25.3 Å².